The highest BCUT2D eigenvalue weighted by Gasteiger charge is 2.10. The third-order valence-electron chi connectivity index (χ3n) is 1.26. The summed E-state index contributed by atoms with van der Waals surface area (Å²) in [6.45, 7) is 0. The van der Waals surface area contributed by atoms with Gasteiger partial charge in [-0.1, -0.05) is 0 Å². The lowest BCUT2D eigenvalue weighted by molar-refractivity contribution is 0.0696. The van der Waals surface area contributed by atoms with Crippen molar-refractivity contribution in [2.75, 3.05) is 0 Å². The molecule has 0 spiro atoms. The average molecular weight is 173 g/mol. The summed E-state index contributed by atoms with van der Waals surface area (Å²) in [5.74, 6) is -1.26. The molecule has 1 rings (SSSR count). The first kappa shape index (κ1) is 8.58. The van der Waals surface area contributed by atoms with Gasteiger partial charge in [-0.25, -0.2) is 13.6 Å². The number of carbonyl (C=O) groups is 1. The first-order chi connectivity index (χ1) is 5.61. The molecule has 1 heterocycles. The summed E-state index contributed by atoms with van der Waals surface area (Å²) in [7, 11) is 0. The number of hydrogen-bond acceptors (Lipinski definition) is 2. The number of nitrogens with zero attached hydrogens (tertiary/aromatic N) is 1. The largest absolute Gasteiger partial charge is 0.478 e. The number of rotatable bonds is 2. The lowest BCUT2D eigenvalue weighted by Crippen LogP contribution is -1.98. The van der Waals surface area contributed by atoms with Crippen molar-refractivity contribution in [3.05, 3.63) is 29.6 Å². The zero-order valence-corrected chi connectivity index (χ0v) is 5.87. The number of pyridine rings is 1. The van der Waals surface area contributed by atoms with Crippen molar-refractivity contribution in [2.24, 2.45) is 0 Å². The first-order valence-corrected chi connectivity index (χ1v) is 3.07. The number of aromatic nitrogens is 1. The van der Waals surface area contributed by atoms with Gasteiger partial charge in [-0.05, 0) is 6.07 Å². The zero-order chi connectivity index (χ0) is 9.14. The van der Waals surface area contributed by atoms with Crippen LogP contribution >= 0.6 is 0 Å². The van der Waals surface area contributed by atoms with Gasteiger partial charge >= 0.3 is 5.97 Å². The van der Waals surface area contributed by atoms with Gasteiger partial charge in [0.05, 0.1) is 5.56 Å². The molecule has 5 heteroatoms. The van der Waals surface area contributed by atoms with Crippen LogP contribution in [0.3, 0.4) is 0 Å². The maximum atomic E-state index is 12.0. The Morgan fingerprint density at radius 2 is 2.17 bits per heavy atom. The van der Waals surface area contributed by atoms with E-state index < -0.39 is 12.4 Å². The molecule has 3 nitrogen and oxygen atoms in total. The van der Waals surface area contributed by atoms with Crippen LogP contribution in [0, 0.1) is 0 Å². The van der Waals surface area contributed by atoms with E-state index >= 15 is 0 Å². The molecule has 0 fully saturated rings. The van der Waals surface area contributed by atoms with Crippen molar-refractivity contribution >= 4 is 5.97 Å². The summed E-state index contributed by atoms with van der Waals surface area (Å²) < 4.78 is 24.0. The molecule has 0 unspecified atom stereocenters. The predicted octanol–water partition coefficient (Wildman–Crippen LogP) is 1.72. The Kier molecular flexibility index (Phi) is 2.32. The Labute approximate surface area is 66.7 Å². The van der Waals surface area contributed by atoms with Crippen LogP contribution in [0.1, 0.15) is 22.3 Å². The van der Waals surface area contributed by atoms with E-state index in [1.165, 1.54) is 0 Å². The molecular formula is C7H5F2NO2. The van der Waals surface area contributed by atoms with Gasteiger partial charge in [0.15, 0.2) is 0 Å². The summed E-state index contributed by atoms with van der Waals surface area (Å²) in [5.41, 5.74) is -0.609. The van der Waals surface area contributed by atoms with Crippen LogP contribution in [0.2, 0.25) is 0 Å². The van der Waals surface area contributed by atoms with Crippen LogP contribution in [0.15, 0.2) is 18.5 Å². The third kappa shape index (κ3) is 1.75. The average Bonchev–Trinajstić information content (AvgIpc) is 2.04. The molecule has 0 bridgehead atoms. The van der Waals surface area contributed by atoms with Crippen LogP contribution in [0.4, 0.5) is 8.78 Å². The molecule has 1 aromatic heterocycles. The van der Waals surface area contributed by atoms with Crippen LogP contribution in [-0.2, 0) is 0 Å². The minimum absolute atomic E-state index is 0.229. The Morgan fingerprint density at radius 1 is 1.50 bits per heavy atom. The maximum absolute atomic E-state index is 12.0. The molecule has 12 heavy (non-hydrogen) atoms. The molecule has 0 aliphatic carbocycles. The molecule has 0 saturated carbocycles. The molecular weight excluding hydrogens is 168 g/mol. The summed E-state index contributed by atoms with van der Waals surface area (Å²) in [5, 5.41) is 8.41. The number of halogens is 2. The SMILES string of the molecule is O=C(O)c1cncc(C(F)F)c1. The van der Waals surface area contributed by atoms with Gasteiger partial charge in [-0.3, -0.25) is 4.98 Å². The Morgan fingerprint density at radius 3 is 2.67 bits per heavy atom. The lowest BCUT2D eigenvalue weighted by Gasteiger charge is -1.98. The molecule has 64 valence electrons. The van der Waals surface area contributed by atoms with Crippen LogP contribution in [0.5, 0.6) is 0 Å². The summed E-state index contributed by atoms with van der Waals surface area (Å²) in [6.07, 6.45) is -0.720. The third-order valence-corrected chi connectivity index (χ3v) is 1.26. The molecule has 0 aliphatic rings. The number of aromatic carboxylic acids is 1. The number of alkyl halides is 2. The topological polar surface area (TPSA) is 50.2 Å². The molecule has 1 N–H and O–H groups in total. The second kappa shape index (κ2) is 3.25. The van der Waals surface area contributed by atoms with Crippen molar-refractivity contribution in [2.45, 2.75) is 6.43 Å². The quantitative estimate of drug-likeness (QED) is 0.740. The molecule has 0 atom stereocenters. The van der Waals surface area contributed by atoms with Crippen LogP contribution < -0.4 is 0 Å². The van der Waals surface area contributed by atoms with E-state index in [2.05, 4.69) is 4.98 Å². The highest BCUT2D eigenvalue weighted by Crippen LogP contribution is 2.17. The number of hydrogen-bond donors (Lipinski definition) is 1. The molecule has 0 saturated heterocycles. The molecule has 0 radical (unpaired) electrons. The van der Waals surface area contributed by atoms with E-state index in [-0.39, 0.29) is 11.1 Å². The predicted molar refractivity (Wildman–Crippen MR) is 36.2 cm³/mol. The van der Waals surface area contributed by atoms with E-state index in [0.717, 1.165) is 18.5 Å². The van der Waals surface area contributed by atoms with Gasteiger partial charge in [-0.15, -0.1) is 0 Å². The van der Waals surface area contributed by atoms with E-state index in [4.69, 9.17) is 5.11 Å². The minimum atomic E-state index is -2.68. The monoisotopic (exact) mass is 173 g/mol. The van der Waals surface area contributed by atoms with Crippen molar-refractivity contribution in [3.63, 3.8) is 0 Å². The van der Waals surface area contributed by atoms with Gasteiger partial charge in [-0.2, -0.15) is 0 Å². The van der Waals surface area contributed by atoms with Gasteiger partial charge in [0.1, 0.15) is 0 Å². The van der Waals surface area contributed by atoms with Gasteiger partial charge < -0.3 is 5.11 Å². The van der Waals surface area contributed by atoms with Gasteiger partial charge in [0.25, 0.3) is 6.43 Å². The highest BCUT2D eigenvalue weighted by atomic mass is 19.3. The highest BCUT2D eigenvalue weighted by molar-refractivity contribution is 5.87. The molecule has 0 amide bonds. The first-order valence-electron chi connectivity index (χ1n) is 3.07. The maximum Gasteiger partial charge on any atom is 0.337 e. The van der Waals surface area contributed by atoms with Crippen molar-refractivity contribution in [3.8, 4) is 0 Å². The fraction of sp³-hybridized carbons (Fsp3) is 0.143. The zero-order valence-electron chi connectivity index (χ0n) is 5.87. The fourth-order valence-corrected chi connectivity index (χ4v) is 0.694. The Hall–Kier alpha value is -1.52. The smallest absolute Gasteiger partial charge is 0.337 e. The summed E-state index contributed by atoms with van der Waals surface area (Å²) >= 11 is 0. The molecule has 0 aliphatic heterocycles. The van der Waals surface area contributed by atoms with Gasteiger partial charge in [0.2, 0.25) is 0 Å². The minimum Gasteiger partial charge on any atom is -0.478 e. The summed E-state index contributed by atoms with van der Waals surface area (Å²) in [6, 6.07) is 0.903. The van der Waals surface area contributed by atoms with Crippen molar-refractivity contribution in [1.82, 2.24) is 4.98 Å². The van der Waals surface area contributed by atoms with Crippen molar-refractivity contribution in [1.29, 1.82) is 0 Å². The van der Waals surface area contributed by atoms with E-state index in [0.29, 0.717) is 0 Å². The lowest BCUT2D eigenvalue weighted by atomic mass is 10.2. The van der Waals surface area contributed by atoms with E-state index in [1.807, 2.05) is 0 Å². The van der Waals surface area contributed by atoms with Gasteiger partial charge in [0, 0.05) is 18.0 Å². The van der Waals surface area contributed by atoms with Crippen molar-refractivity contribution < 1.29 is 18.7 Å². The Balaban J connectivity index is 3.04. The number of carboxylic acids is 1. The van der Waals surface area contributed by atoms with E-state index in [9.17, 15) is 13.6 Å². The number of carboxylic acid groups (broad SMARTS) is 1. The van der Waals surface area contributed by atoms with Crippen LogP contribution in [0.25, 0.3) is 0 Å². The fourth-order valence-electron chi connectivity index (χ4n) is 0.694. The summed E-state index contributed by atoms with van der Waals surface area (Å²) in [4.78, 5) is 13.7. The standard InChI is InChI=1S/C7H5F2NO2/c8-6(9)4-1-5(7(11)12)3-10-2-4/h1-3,6H,(H,11,12). The second-order valence-electron chi connectivity index (χ2n) is 2.11. The molecule has 1 aromatic rings. The second-order valence-corrected chi connectivity index (χ2v) is 2.11. The van der Waals surface area contributed by atoms with E-state index in [1.54, 1.807) is 0 Å². The molecule has 0 aromatic carbocycles. The normalized spacial score (nSPS) is 10.2. The Bertz CT molecular complexity index is 301. The van der Waals surface area contributed by atoms with Crippen LogP contribution in [-0.4, -0.2) is 16.1 Å².